The van der Waals surface area contributed by atoms with E-state index in [9.17, 15) is 8.42 Å². The molecule has 0 bridgehead atoms. The lowest BCUT2D eigenvalue weighted by molar-refractivity contribution is 0.155. The predicted octanol–water partition coefficient (Wildman–Crippen LogP) is 3.33. The first kappa shape index (κ1) is 12.7. The molecule has 0 aromatic heterocycles. The highest BCUT2D eigenvalue weighted by Gasteiger charge is 2.15. The molecule has 0 atom stereocenters. The molecule has 0 spiro atoms. The zero-order valence-corrected chi connectivity index (χ0v) is 11.0. The minimum absolute atomic E-state index is 0.107. The highest BCUT2D eigenvalue weighted by atomic mass is 35.7. The van der Waals surface area contributed by atoms with E-state index in [0.717, 1.165) is 12.8 Å². The van der Waals surface area contributed by atoms with E-state index in [2.05, 4.69) is 0 Å². The predicted molar refractivity (Wildman–Crippen MR) is 67.0 cm³/mol. The fraction of sp³-hybridized carbons (Fsp3) is 0.500. The SMILES string of the molecule is O=S(=O)(Cl)c1ccc(OC2CCCCC2)cc1. The molecule has 0 saturated heterocycles. The van der Waals surface area contributed by atoms with Crippen LogP contribution in [-0.4, -0.2) is 14.5 Å². The minimum Gasteiger partial charge on any atom is -0.490 e. The quantitative estimate of drug-likeness (QED) is 0.794. The van der Waals surface area contributed by atoms with Crippen LogP contribution in [0.15, 0.2) is 29.2 Å². The van der Waals surface area contributed by atoms with Gasteiger partial charge in [-0.2, -0.15) is 0 Å². The summed E-state index contributed by atoms with van der Waals surface area (Å²) in [5.74, 6) is 0.709. The molecule has 2 rings (SSSR count). The second-order valence-corrected chi connectivity index (χ2v) is 6.85. The summed E-state index contributed by atoms with van der Waals surface area (Å²) < 4.78 is 27.9. The van der Waals surface area contributed by atoms with Crippen LogP contribution in [0.2, 0.25) is 0 Å². The second kappa shape index (κ2) is 5.27. The summed E-state index contributed by atoms with van der Waals surface area (Å²) in [6.45, 7) is 0. The van der Waals surface area contributed by atoms with Gasteiger partial charge in [0.1, 0.15) is 5.75 Å². The fourth-order valence-corrected chi connectivity index (χ4v) is 2.83. The van der Waals surface area contributed by atoms with E-state index in [1.807, 2.05) is 0 Å². The maximum atomic E-state index is 11.1. The van der Waals surface area contributed by atoms with Crippen LogP contribution in [0.1, 0.15) is 32.1 Å². The molecule has 1 aromatic rings. The van der Waals surface area contributed by atoms with Crippen LogP contribution in [0.3, 0.4) is 0 Å². The van der Waals surface area contributed by atoms with Crippen molar-refractivity contribution in [3.8, 4) is 5.75 Å². The van der Waals surface area contributed by atoms with E-state index >= 15 is 0 Å². The first-order chi connectivity index (χ1) is 8.05. The molecule has 1 aliphatic carbocycles. The van der Waals surface area contributed by atoms with Crippen molar-refractivity contribution >= 4 is 19.7 Å². The van der Waals surface area contributed by atoms with E-state index in [4.69, 9.17) is 15.4 Å². The van der Waals surface area contributed by atoms with Crippen LogP contribution in [0.5, 0.6) is 5.75 Å². The molecule has 3 nitrogen and oxygen atoms in total. The van der Waals surface area contributed by atoms with E-state index in [0.29, 0.717) is 5.75 Å². The van der Waals surface area contributed by atoms with Crippen molar-refractivity contribution in [2.24, 2.45) is 0 Å². The van der Waals surface area contributed by atoms with Crippen LogP contribution < -0.4 is 4.74 Å². The maximum absolute atomic E-state index is 11.1. The van der Waals surface area contributed by atoms with Crippen molar-refractivity contribution in [3.05, 3.63) is 24.3 Å². The van der Waals surface area contributed by atoms with Crippen LogP contribution in [0, 0.1) is 0 Å². The van der Waals surface area contributed by atoms with Gasteiger partial charge in [-0.25, -0.2) is 8.42 Å². The molecule has 17 heavy (non-hydrogen) atoms. The van der Waals surface area contributed by atoms with Gasteiger partial charge in [0.2, 0.25) is 0 Å². The van der Waals surface area contributed by atoms with Gasteiger partial charge in [0, 0.05) is 10.7 Å². The van der Waals surface area contributed by atoms with Gasteiger partial charge in [-0.05, 0) is 49.9 Å². The summed E-state index contributed by atoms with van der Waals surface area (Å²) >= 11 is 0. The number of halogens is 1. The Labute approximate surface area is 106 Å². The van der Waals surface area contributed by atoms with Crippen molar-refractivity contribution in [1.29, 1.82) is 0 Å². The number of ether oxygens (including phenoxy) is 1. The average Bonchev–Trinajstić information content (AvgIpc) is 2.30. The highest BCUT2D eigenvalue weighted by Crippen LogP contribution is 2.24. The summed E-state index contributed by atoms with van der Waals surface area (Å²) in [5.41, 5.74) is 0. The second-order valence-electron chi connectivity index (χ2n) is 4.29. The molecule has 1 aromatic carbocycles. The molecule has 0 N–H and O–H groups in total. The monoisotopic (exact) mass is 274 g/mol. The fourth-order valence-electron chi connectivity index (χ4n) is 2.06. The Morgan fingerprint density at radius 1 is 1.06 bits per heavy atom. The Bertz CT molecular complexity index is 461. The van der Waals surface area contributed by atoms with Crippen LogP contribution in [0.25, 0.3) is 0 Å². The lowest BCUT2D eigenvalue weighted by Crippen LogP contribution is -2.19. The van der Waals surface area contributed by atoms with Gasteiger partial charge in [-0.15, -0.1) is 0 Å². The molecule has 5 heteroatoms. The van der Waals surface area contributed by atoms with E-state index in [-0.39, 0.29) is 11.0 Å². The third-order valence-corrected chi connectivity index (χ3v) is 4.33. The third kappa shape index (κ3) is 3.61. The van der Waals surface area contributed by atoms with Gasteiger partial charge in [-0.3, -0.25) is 0 Å². The lowest BCUT2D eigenvalue weighted by atomic mass is 9.98. The normalized spacial score (nSPS) is 17.9. The molecule has 0 unspecified atom stereocenters. The Kier molecular flexibility index (Phi) is 3.94. The van der Waals surface area contributed by atoms with Crippen LogP contribution in [-0.2, 0) is 9.05 Å². The van der Waals surface area contributed by atoms with E-state index in [1.165, 1.54) is 31.4 Å². The maximum Gasteiger partial charge on any atom is 0.261 e. The number of hydrogen-bond donors (Lipinski definition) is 0. The Morgan fingerprint density at radius 2 is 1.65 bits per heavy atom. The van der Waals surface area contributed by atoms with E-state index in [1.54, 1.807) is 12.1 Å². The summed E-state index contributed by atoms with van der Waals surface area (Å²) in [7, 11) is 1.60. The standard InChI is InChI=1S/C12H15ClO3S/c13-17(14,15)12-8-6-11(7-9-12)16-10-4-2-1-3-5-10/h6-10H,1-5H2. The smallest absolute Gasteiger partial charge is 0.261 e. The van der Waals surface area contributed by atoms with Gasteiger partial charge in [0.05, 0.1) is 11.0 Å². The van der Waals surface area contributed by atoms with Crippen molar-refractivity contribution in [1.82, 2.24) is 0 Å². The molecular weight excluding hydrogens is 260 g/mol. The number of hydrogen-bond acceptors (Lipinski definition) is 3. The van der Waals surface area contributed by atoms with Crippen LogP contribution >= 0.6 is 10.7 Å². The highest BCUT2D eigenvalue weighted by molar-refractivity contribution is 8.13. The van der Waals surface area contributed by atoms with Crippen molar-refractivity contribution in [2.45, 2.75) is 43.1 Å². The van der Waals surface area contributed by atoms with Gasteiger partial charge >= 0.3 is 0 Å². The molecule has 94 valence electrons. The third-order valence-electron chi connectivity index (χ3n) is 2.96. The summed E-state index contributed by atoms with van der Waals surface area (Å²) in [6.07, 6.45) is 6.12. The summed E-state index contributed by atoms with van der Waals surface area (Å²) in [5, 5.41) is 0. The largest absolute Gasteiger partial charge is 0.490 e. The van der Waals surface area contributed by atoms with Crippen LogP contribution in [0.4, 0.5) is 0 Å². The van der Waals surface area contributed by atoms with Gasteiger partial charge in [-0.1, -0.05) is 6.42 Å². The van der Waals surface area contributed by atoms with Gasteiger partial charge in [0.25, 0.3) is 9.05 Å². The Hall–Kier alpha value is -0.740. The van der Waals surface area contributed by atoms with Gasteiger partial charge in [0.15, 0.2) is 0 Å². The molecule has 0 amide bonds. The molecule has 1 aliphatic rings. The Balaban J connectivity index is 2.03. The first-order valence-corrected chi connectivity index (χ1v) is 8.08. The molecule has 0 radical (unpaired) electrons. The number of benzene rings is 1. The topological polar surface area (TPSA) is 43.4 Å². The minimum atomic E-state index is -3.64. The van der Waals surface area contributed by atoms with Crippen molar-refractivity contribution in [3.63, 3.8) is 0 Å². The summed E-state index contributed by atoms with van der Waals surface area (Å²) in [6, 6.07) is 6.26. The number of rotatable bonds is 3. The molecule has 1 fully saturated rings. The lowest BCUT2D eigenvalue weighted by Gasteiger charge is -2.22. The average molecular weight is 275 g/mol. The molecular formula is C12H15ClO3S. The van der Waals surface area contributed by atoms with Crippen molar-refractivity contribution in [2.75, 3.05) is 0 Å². The van der Waals surface area contributed by atoms with Gasteiger partial charge < -0.3 is 4.74 Å². The summed E-state index contributed by atoms with van der Waals surface area (Å²) in [4.78, 5) is 0.107. The zero-order chi connectivity index (χ0) is 12.3. The molecule has 0 heterocycles. The first-order valence-electron chi connectivity index (χ1n) is 5.77. The Morgan fingerprint density at radius 3 is 2.18 bits per heavy atom. The van der Waals surface area contributed by atoms with E-state index < -0.39 is 9.05 Å². The zero-order valence-electron chi connectivity index (χ0n) is 9.43. The molecule has 1 saturated carbocycles. The molecule has 0 aliphatic heterocycles. The van der Waals surface area contributed by atoms with Crippen molar-refractivity contribution < 1.29 is 13.2 Å².